The number of hydrogen-bond acceptors (Lipinski definition) is 2. The summed E-state index contributed by atoms with van der Waals surface area (Å²) in [7, 11) is 0. The molecule has 0 fully saturated rings. The number of rotatable bonds is 1. The molecule has 0 atom stereocenters. The largest absolute Gasteiger partial charge is 0.255 e. The standard InChI is InChI=1S/C5H4Cl2N2.C2H6/c6-1-4-2-9-5(7)3-8-4;1-2/h2-3H,1H2;1-2H3. The minimum absolute atomic E-state index is 0.379. The lowest BCUT2D eigenvalue weighted by Crippen LogP contribution is -1.85. The Hall–Kier alpha value is -0.340. The maximum absolute atomic E-state index is 5.45. The fourth-order valence-corrected chi connectivity index (χ4v) is 0.644. The maximum Gasteiger partial charge on any atom is 0.147 e. The Balaban J connectivity index is 0.000000461. The molecule has 0 aliphatic heterocycles. The second-order valence-electron chi connectivity index (χ2n) is 1.46. The fourth-order valence-electron chi connectivity index (χ4n) is 0.408. The third kappa shape index (κ3) is 4.17. The lowest BCUT2D eigenvalue weighted by atomic mass is 10.5. The van der Waals surface area contributed by atoms with Crippen LogP contribution in [0.2, 0.25) is 5.15 Å². The van der Waals surface area contributed by atoms with Crippen LogP contribution in [0.15, 0.2) is 12.4 Å². The van der Waals surface area contributed by atoms with E-state index in [9.17, 15) is 0 Å². The molecule has 0 spiro atoms. The van der Waals surface area contributed by atoms with Crippen molar-refractivity contribution in [3.05, 3.63) is 23.2 Å². The van der Waals surface area contributed by atoms with Gasteiger partial charge in [-0.15, -0.1) is 11.6 Å². The molecule has 4 heteroatoms. The summed E-state index contributed by atoms with van der Waals surface area (Å²) < 4.78 is 0. The zero-order valence-corrected chi connectivity index (χ0v) is 8.02. The number of hydrogen-bond donors (Lipinski definition) is 0. The van der Waals surface area contributed by atoms with E-state index in [2.05, 4.69) is 9.97 Å². The molecular formula is C7H10Cl2N2. The minimum atomic E-state index is 0.379. The second-order valence-corrected chi connectivity index (χ2v) is 2.12. The van der Waals surface area contributed by atoms with Crippen molar-refractivity contribution >= 4 is 23.2 Å². The zero-order chi connectivity index (χ0) is 8.69. The van der Waals surface area contributed by atoms with Gasteiger partial charge in [0.05, 0.1) is 24.0 Å². The molecule has 0 unspecified atom stereocenters. The van der Waals surface area contributed by atoms with Crippen LogP contribution in [0.4, 0.5) is 0 Å². The second kappa shape index (κ2) is 6.38. The summed E-state index contributed by atoms with van der Waals surface area (Å²) in [6.45, 7) is 4.00. The highest BCUT2D eigenvalue weighted by atomic mass is 35.5. The van der Waals surface area contributed by atoms with Crippen LogP contribution in [0.3, 0.4) is 0 Å². The van der Waals surface area contributed by atoms with Crippen molar-refractivity contribution in [3.63, 3.8) is 0 Å². The first-order valence-electron chi connectivity index (χ1n) is 3.35. The van der Waals surface area contributed by atoms with Crippen LogP contribution in [0.5, 0.6) is 0 Å². The van der Waals surface area contributed by atoms with E-state index >= 15 is 0 Å². The summed E-state index contributed by atoms with van der Waals surface area (Å²) in [5.74, 6) is 0.379. The highest BCUT2D eigenvalue weighted by Crippen LogP contribution is 2.02. The van der Waals surface area contributed by atoms with Crippen molar-refractivity contribution in [2.45, 2.75) is 19.7 Å². The van der Waals surface area contributed by atoms with E-state index < -0.39 is 0 Å². The Kier molecular flexibility index (Phi) is 6.18. The van der Waals surface area contributed by atoms with E-state index in [1.165, 1.54) is 6.20 Å². The smallest absolute Gasteiger partial charge is 0.147 e. The molecule has 0 saturated heterocycles. The molecule has 0 bridgehead atoms. The van der Waals surface area contributed by atoms with Gasteiger partial charge in [0, 0.05) is 0 Å². The molecule has 2 nitrogen and oxygen atoms in total. The summed E-state index contributed by atoms with van der Waals surface area (Å²) in [6.07, 6.45) is 3.02. The molecular weight excluding hydrogens is 183 g/mol. The molecule has 0 N–H and O–H groups in total. The third-order valence-electron chi connectivity index (χ3n) is 0.811. The van der Waals surface area contributed by atoms with Crippen LogP contribution in [0.25, 0.3) is 0 Å². The van der Waals surface area contributed by atoms with Crippen LogP contribution >= 0.6 is 23.2 Å². The number of halogens is 2. The van der Waals surface area contributed by atoms with Gasteiger partial charge in [-0.3, -0.25) is 4.98 Å². The van der Waals surface area contributed by atoms with E-state index in [1.54, 1.807) is 6.20 Å². The summed E-state index contributed by atoms with van der Waals surface area (Å²) >= 11 is 10.9. The van der Waals surface area contributed by atoms with Gasteiger partial charge in [0.2, 0.25) is 0 Å². The summed E-state index contributed by atoms with van der Waals surface area (Å²) in [5.41, 5.74) is 0.737. The van der Waals surface area contributed by atoms with Crippen molar-refractivity contribution < 1.29 is 0 Å². The predicted molar refractivity (Wildman–Crippen MR) is 47.9 cm³/mol. The molecule has 1 aromatic heterocycles. The number of nitrogens with zero attached hydrogens (tertiary/aromatic N) is 2. The van der Waals surface area contributed by atoms with Crippen molar-refractivity contribution in [1.29, 1.82) is 0 Å². The monoisotopic (exact) mass is 192 g/mol. The molecule has 0 radical (unpaired) electrons. The van der Waals surface area contributed by atoms with Gasteiger partial charge >= 0.3 is 0 Å². The van der Waals surface area contributed by atoms with Crippen molar-refractivity contribution in [2.24, 2.45) is 0 Å². The van der Waals surface area contributed by atoms with Crippen molar-refractivity contribution in [2.75, 3.05) is 0 Å². The summed E-state index contributed by atoms with van der Waals surface area (Å²) in [4.78, 5) is 7.64. The van der Waals surface area contributed by atoms with Crippen LogP contribution < -0.4 is 0 Å². The first-order chi connectivity index (χ1) is 5.33. The first kappa shape index (κ1) is 10.7. The molecule has 62 valence electrons. The van der Waals surface area contributed by atoms with E-state index in [0.29, 0.717) is 11.0 Å². The van der Waals surface area contributed by atoms with Crippen molar-refractivity contribution in [1.82, 2.24) is 9.97 Å². The number of alkyl halides is 1. The first-order valence-corrected chi connectivity index (χ1v) is 4.26. The van der Waals surface area contributed by atoms with E-state index in [1.807, 2.05) is 13.8 Å². The van der Waals surface area contributed by atoms with Crippen LogP contribution in [-0.4, -0.2) is 9.97 Å². The highest BCUT2D eigenvalue weighted by molar-refractivity contribution is 6.29. The Labute approximate surface area is 76.6 Å². The topological polar surface area (TPSA) is 25.8 Å². The maximum atomic E-state index is 5.45. The zero-order valence-electron chi connectivity index (χ0n) is 6.51. The van der Waals surface area contributed by atoms with Gasteiger partial charge < -0.3 is 0 Å². The Morgan fingerprint density at radius 3 is 2.27 bits per heavy atom. The normalized spacial score (nSPS) is 8.36. The summed E-state index contributed by atoms with van der Waals surface area (Å²) in [6, 6.07) is 0. The van der Waals surface area contributed by atoms with Gasteiger partial charge in [-0.1, -0.05) is 25.4 Å². The molecule has 0 aliphatic rings. The molecule has 1 heterocycles. The Morgan fingerprint density at radius 1 is 1.27 bits per heavy atom. The average Bonchev–Trinajstić information content (AvgIpc) is 2.10. The Bertz CT molecular complexity index is 186. The predicted octanol–water partition coefficient (Wildman–Crippen LogP) is 2.90. The SMILES string of the molecule is CC.ClCc1cnc(Cl)cn1. The van der Waals surface area contributed by atoms with Crippen LogP contribution in [0, 0.1) is 0 Å². The molecule has 0 saturated carbocycles. The molecule has 11 heavy (non-hydrogen) atoms. The lowest BCUT2D eigenvalue weighted by molar-refractivity contribution is 1.10. The minimum Gasteiger partial charge on any atom is -0.255 e. The fraction of sp³-hybridized carbons (Fsp3) is 0.429. The van der Waals surface area contributed by atoms with E-state index in [-0.39, 0.29) is 0 Å². The van der Waals surface area contributed by atoms with E-state index in [0.717, 1.165) is 5.69 Å². The number of aromatic nitrogens is 2. The van der Waals surface area contributed by atoms with Crippen LogP contribution in [-0.2, 0) is 5.88 Å². The van der Waals surface area contributed by atoms with E-state index in [4.69, 9.17) is 23.2 Å². The molecule has 0 aliphatic carbocycles. The van der Waals surface area contributed by atoms with Gasteiger partial charge in [0.15, 0.2) is 0 Å². The van der Waals surface area contributed by atoms with Gasteiger partial charge in [-0.2, -0.15) is 0 Å². The molecule has 0 amide bonds. The highest BCUT2D eigenvalue weighted by Gasteiger charge is 1.90. The van der Waals surface area contributed by atoms with Gasteiger partial charge in [-0.05, 0) is 0 Å². The third-order valence-corrected chi connectivity index (χ3v) is 1.28. The quantitative estimate of drug-likeness (QED) is 0.640. The molecule has 0 aromatic carbocycles. The van der Waals surface area contributed by atoms with Gasteiger partial charge in [-0.25, -0.2) is 4.98 Å². The molecule has 1 aromatic rings. The van der Waals surface area contributed by atoms with Gasteiger partial charge in [0.1, 0.15) is 5.15 Å². The van der Waals surface area contributed by atoms with Crippen molar-refractivity contribution in [3.8, 4) is 0 Å². The Morgan fingerprint density at radius 2 is 1.91 bits per heavy atom. The summed E-state index contributed by atoms with van der Waals surface area (Å²) in [5, 5.41) is 0.392. The lowest BCUT2D eigenvalue weighted by Gasteiger charge is -1.90. The molecule has 1 rings (SSSR count). The van der Waals surface area contributed by atoms with Gasteiger partial charge in [0.25, 0.3) is 0 Å². The van der Waals surface area contributed by atoms with Crippen LogP contribution in [0.1, 0.15) is 19.5 Å². The average molecular weight is 193 g/mol.